The van der Waals surface area contributed by atoms with Crippen molar-refractivity contribution in [2.75, 3.05) is 33.2 Å². The topological polar surface area (TPSA) is 23.6 Å². The van der Waals surface area contributed by atoms with E-state index in [4.69, 9.17) is 0 Å². The first kappa shape index (κ1) is 14.1. The summed E-state index contributed by atoms with van der Waals surface area (Å²) in [5.41, 5.74) is 1.11. The van der Waals surface area contributed by atoms with Crippen LogP contribution in [-0.2, 0) is 11.2 Å². The van der Waals surface area contributed by atoms with E-state index in [-0.39, 0.29) is 5.91 Å². The summed E-state index contributed by atoms with van der Waals surface area (Å²) >= 11 is 0. The Morgan fingerprint density at radius 1 is 1.00 bits per heavy atom. The molecule has 21 heavy (non-hydrogen) atoms. The van der Waals surface area contributed by atoms with Gasteiger partial charge in [-0.05, 0) is 36.3 Å². The second-order valence-electron chi connectivity index (χ2n) is 5.90. The van der Waals surface area contributed by atoms with Gasteiger partial charge >= 0.3 is 0 Å². The van der Waals surface area contributed by atoms with Gasteiger partial charge < -0.3 is 9.80 Å². The number of rotatable bonds is 2. The van der Waals surface area contributed by atoms with Crippen LogP contribution < -0.4 is 0 Å². The summed E-state index contributed by atoms with van der Waals surface area (Å²) < 4.78 is 0. The Morgan fingerprint density at radius 2 is 1.81 bits per heavy atom. The van der Waals surface area contributed by atoms with Crippen molar-refractivity contribution in [3.63, 3.8) is 0 Å². The second-order valence-corrected chi connectivity index (χ2v) is 5.90. The Bertz CT molecular complexity index is 638. The summed E-state index contributed by atoms with van der Waals surface area (Å²) in [5, 5.41) is 2.43. The van der Waals surface area contributed by atoms with E-state index < -0.39 is 0 Å². The SMILES string of the molecule is CN1CCCN(C(=O)Cc2ccc3ccccc3c2)CC1. The van der Waals surface area contributed by atoms with Crippen LogP contribution in [0, 0.1) is 0 Å². The zero-order chi connectivity index (χ0) is 14.7. The number of amides is 1. The zero-order valence-corrected chi connectivity index (χ0v) is 12.6. The summed E-state index contributed by atoms with van der Waals surface area (Å²) in [7, 11) is 2.12. The molecule has 1 fully saturated rings. The van der Waals surface area contributed by atoms with Crippen LogP contribution in [0.25, 0.3) is 10.8 Å². The maximum Gasteiger partial charge on any atom is 0.227 e. The maximum absolute atomic E-state index is 12.5. The predicted molar refractivity (Wildman–Crippen MR) is 86.3 cm³/mol. The van der Waals surface area contributed by atoms with Crippen molar-refractivity contribution in [3.8, 4) is 0 Å². The summed E-state index contributed by atoms with van der Waals surface area (Å²) in [6, 6.07) is 14.6. The molecule has 1 heterocycles. The molecular formula is C18H22N2O. The van der Waals surface area contributed by atoms with Gasteiger partial charge in [0.25, 0.3) is 0 Å². The first-order valence-corrected chi connectivity index (χ1v) is 7.66. The van der Waals surface area contributed by atoms with Gasteiger partial charge in [0.1, 0.15) is 0 Å². The van der Waals surface area contributed by atoms with Gasteiger partial charge in [-0.15, -0.1) is 0 Å². The van der Waals surface area contributed by atoms with Crippen molar-refractivity contribution < 1.29 is 4.79 Å². The van der Waals surface area contributed by atoms with E-state index in [1.165, 1.54) is 10.8 Å². The molecule has 0 spiro atoms. The summed E-state index contributed by atoms with van der Waals surface area (Å²) in [6.45, 7) is 3.79. The molecule has 0 aromatic heterocycles. The average molecular weight is 282 g/mol. The fraction of sp³-hybridized carbons (Fsp3) is 0.389. The lowest BCUT2D eigenvalue weighted by Gasteiger charge is -2.20. The molecule has 0 atom stereocenters. The number of carbonyl (C=O) groups excluding carboxylic acids is 1. The van der Waals surface area contributed by atoms with Gasteiger partial charge in [-0.3, -0.25) is 4.79 Å². The molecule has 1 aliphatic rings. The van der Waals surface area contributed by atoms with E-state index >= 15 is 0 Å². The summed E-state index contributed by atoms with van der Waals surface area (Å²) in [5.74, 6) is 0.251. The van der Waals surface area contributed by atoms with E-state index in [1.807, 2.05) is 17.0 Å². The van der Waals surface area contributed by atoms with Gasteiger partial charge in [-0.25, -0.2) is 0 Å². The van der Waals surface area contributed by atoms with E-state index in [1.54, 1.807) is 0 Å². The lowest BCUT2D eigenvalue weighted by atomic mass is 10.0. The quantitative estimate of drug-likeness (QED) is 0.845. The van der Waals surface area contributed by atoms with Crippen LogP contribution in [0.5, 0.6) is 0 Å². The van der Waals surface area contributed by atoms with Crippen LogP contribution in [-0.4, -0.2) is 48.9 Å². The van der Waals surface area contributed by atoms with Crippen LogP contribution in [0.1, 0.15) is 12.0 Å². The molecule has 2 aromatic carbocycles. The third-order valence-corrected chi connectivity index (χ3v) is 4.24. The van der Waals surface area contributed by atoms with E-state index in [0.29, 0.717) is 6.42 Å². The highest BCUT2D eigenvalue weighted by atomic mass is 16.2. The molecule has 1 aliphatic heterocycles. The molecule has 1 saturated heterocycles. The Hall–Kier alpha value is -1.87. The standard InChI is InChI=1S/C18H22N2O/c1-19-9-4-10-20(12-11-19)18(21)14-15-7-8-16-5-2-3-6-17(16)13-15/h2-3,5-8,13H,4,9-12,14H2,1H3. The lowest BCUT2D eigenvalue weighted by Crippen LogP contribution is -2.35. The Labute approximate surface area is 126 Å². The molecule has 1 amide bonds. The fourth-order valence-electron chi connectivity index (χ4n) is 2.93. The number of nitrogens with zero attached hydrogens (tertiary/aromatic N) is 2. The third kappa shape index (κ3) is 3.42. The number of hydrogen-bond donors (Lipinski definition) is 0. The van der Waals surface area contributed by atoms with Crippen molar-refractivity contribution in [1.82, 2.24) is 9.80 Å². The third-order valence-electron chi connectivity index (χ3n) is 4.24. The number of benzene rings is 2. The first-order chi connectivity index (χ1) is 10.2. The average Bonchev–Trinajstić information content (AvgIpc) is 2.72. The Morgan fingerprint density at radius 3 is 2.67 bits per heavy atom. The number of carbonyl (C=O) groups is 1. The highest BCUT2D eigenvalue weighted by molar-refractivity contribution is 5.85. The second kappa shape index (κ2) is 6.27. The van der Waals surface area contributed by atoms with Crippen LogP contribution >= 0.6 is 0 Å². The zero-order valence-electron chi connectivity index (χ0n) is 12.6. The molecule has 0 bridgehead atoms. The smallest absolute Gasteiger partial charge is 0.227 e. The molecule has 3 heteroatoms. The normalized spacial score (nSPS) is 16.9. The van der Waals surface area contributed by atoms with Gasteiger partial charge in [-0.1, -0.05) is 42.5 Å². The minimum absolute atomic E-state index is 0.251. The first-order valence-electron chi connectivity index (χ1n) is 7.66. The van der Waals surface area contributed by atoms with Gasteiger partial charge in [0.05, 0.1) is 6.42 Å². The molecule has 2 aromatic rings. The minimum atomic E-state index is 0.251. The molecule has 0 aliphatic carbocycles. The fourth-order valence-corrected chi connectivity index (χ4v) is 2.93. The number of hydrogen-bond acceptors (Lipinski definition) is 2. The van der Waals surface area contributed by atoms with E-state index in [2.05, 4.69) is 42.3 Å². The molecule has 110 valence electrons. The van der Waals surface area contributed by atoms with Crippen molar-refractivity contribution in [2.24, 2.45) is 0 Å². The predicted octanol–water partition coefficient (Wildman–Crippen LogP) is 2.55. The molecular weight excluding hydrogens is 260 g/mol. The van der Waals surface area contributed by atoms with Crippen molar-refractivity contribution >= 4 is 16.7 Å². The maximum atomic E-state index is 12.5. The van der Waals surface area contributed by atoms with Crippen molar-refractivity contribution in [3.05, 3.63) is 48.0 Å². The van der Waals surface area contributed by atoms with E-state index in [9.17, 15) is 4.79 Å². The van der Waals surface area contributed by atoms with Gasteiger partial charge in [0.2, 0.25) is 5.91 Å². The molecule has 0 radical (unpaired) electrons. The number of likely N-dealkylation sites (N-methyl/N-ethyl adjacent to an activating group) is 1. The summed E-state index contributed by atoms with van der Waals surface area (Å²) in [6.07, 6.45) is 1.58. The van der Waals surface area contributed by atoms with Crippen molar-refractivity contribution in [1.29, 1.82) is 0 Å². The van der Waals surface area contributed by atoms with Gasteiger partial charge in [0, 0.05) is 19.6 Å². The van der Waals surface area contributed by atoms with Crippen LogP contribution in [0.15, 0.2) is 42.5 Å². The lowest BCUT2D eigenvalue weighted by molar-refractivity contribution is -0.130. The Balaban J connectivity index is 1.70. The van der Waals surface area contributed by atoms with E-state index in [0.717, 1.165) is 38.2 Å². The monoisotopic (exact) mass is 282 g/mol. The molecule has 3 nitrogen and oxygen atoms in total. The minimum Gasteiger partial charge on any atom is -0.341 e. The summed E-state index contributed by atoms with van der Waals surface area (Å²) in [4.78, 5) is 16.8. The molecule has 0 saturated carbocycles. The van der Waals surface area contributed by atoms with Crippen LogP contribution in [0.2, 0.25) is 0 Å². The molecule has 0 N–H and O–H groups in total. The van der Waals surface area contributed by atoms with Crippen molar-refractivity contribution in [2.45, 2.75) is 12.8 Å². The Kier molecular flexibility index (Phi) is 4.20. The van der Waals surface area contributed by atoms with Gasteiger partial charge in [0.15, 0.2) is 0 Å². The number of fused-ring (bicyclic) bond motifs is 1. The highest BCUT2D eigenvalue weighted by Crippen LogP contribution is 2.16. The largest absolute Gasteiger partial charge is 0.341 e. The molecule has 3 rings (SSSR count). The highest BCUT2D eigenvalue weighted by Gasteiger charge is 2.17. The molecule has 0 unspecified atom stereocenters. The van der Waals surface area contributed by atoms with Crippen LogP contribution in [0.3, 0.4) is 0 Å². The van der Waals surface area contributed by atoms with Crippen LogP contribution in [0.4, 0.5) is 0 Å². The van der Waals surface area contributed by atoms with Gasteiger partial charge in [-0.2, -0.15) is 0 Å².